The SMILES string of the molecule is Cc1ccc(OCC(C)NS(=O)(=O)c2ccc3c(c2)sc(=O)n3C)cc1. The van der Waals surface area contributed by atoms with Crippen molar-refractivity contribution in [3.63, 3.8) is 0 Å². The van der Waals surface area contributed by atoms with Crippen LogP contribution >= 0.6 is 11.3 Å². The lowest BCUT2D eigenvalue weighted by Gasteiger charge is -2.15. The van der Waals surface area contributed by atoms with E-state index in [9.17, 15) is 13.2 Å². The number of fused-ring (bicyclic) bond motifs is 1. The zero-order valence-corrected chi connectivity index (χ0v) is 16.4. The van der Waals surface area contributed by atoms with E-state index in [2.05, 4.69) is 4.72 Å². The Morgan fingerprint density at radius 3 is 2.58 bits per heavy atom. The molecule has 3 aromatic rings. The molecule has 0 radical (unpaired) electrons. The largest absolute Gasteiger partial charge is 0.492 e. The highest BCUT2D eigenvalue weighted by Gasteiger charge is 2.19. The van der Waals surface area contributed by atoms with Crippen LogP contribution in [0.3, 0.4) is 0 Å². The highest BCUT2D eigenvalue weighted by atomic mass is 32.2. The lowest BCUT2D eigenvalue weighted by Crippen LogP contribution is -2.36. The van der Waals surface area contributed by atoms with Crippen LogP contribution < -0.4 is 14.3 Å². The minimum atomic E-state index is -3.70. The van der Waals surface area contributed by atoms with Crippen LogP contribution in [0.15, 0.2) is 52.2 Å². The van der Waals surface area contributed by atoms with Crippen molar-refractivity contribution in [2.24, 2.45) is 7.05 Å². The van der Waals surface area contributed by atoms with Gasteiger partial charge >= 0.3 is 4.87 Å². The number of benzene rings is 2. The number of rotatable bonds is 6. The minimum absolute atomic E-state index is 0.123. The van der Waals surface area contributed by atoms with Crippen LogP contribution in [0.1, 0.15) is 12.5 Å². The molecule has 0 aliphatic carbocycles. The minimum Gasteiger partial charge on any atom is -0.492 e. The van der Waals surface area contributed by atoms with Gasteiger partial charge in [-0.05, 0) is 44.2 Å². The van der Waals surface area contributed by atoms with Gasteiger partial charge in [0.1, 0.15) is 12.4 Å². The Morgan fingerprint density at radius 1 is 1.19 bits per heavy atom. The van der Waals surface area contributed by atoms with Crippen molar-refractivity contribution >= 4 is 31.6 Å². The van der Waals surface area contributed by atoms with E-state index < -0.39 is 16.1 Å². The molecule has 3 rings (SSSR count). The molecule has 0 aliphatic heterocycles. The van der Waals surface area contributed by atoms with Gasteiger partial charge < -0.3 is 9.30 Å². The van der Waals surface area contributed by atoms with Crippen LogP contribution in [0.4, 0.5) is 0 Å². The van der Waals surface area contributed by atoms with E-state index in [1.165, 1.54) is 16.7 Å². The summed E-state index contributed by atoms with van der Waals surface area (Å²) in [6.45, 7) is 3.94. The molecule has 8 heteroatoms. The monoisotopic (exact) mass is 392 g/mol. The van der Waals surface area contributed by atoms with E-state index in [0.29, 0.717) is 10.4 Å². The zero-order chi connectivity index (χ0) is 18.9. The molecule has 0 aliphatic rings. The van der Waals surface area contributed by atoms with Crippen molar-refractivity contribution in [1.82, 2.24) is 9.29 Å². The lowest BCUT2D eigenvalue weighted by molar-refractivity contribution is 0.287. The molecule has 0 bridgehead atoms. The number of hydrogen-bond acceptors (Lipinski definition) is 5. The molecule has 0 saturated carbocycles. The summed E-state index contributed by atoms with van der Waals surface area (Å²) in [7, 11) is -2.04. The standard InChI is InChI=1S/C18H20N2O4S2/c1-12-4-6-14(7-5-12)24-11-13(2)19-26(22,23)15-8-9-16-17(10-15)25-18(21)20(16)3/h4-10,13,19H,11H2,1-3H3. The molecule has 0 spiro atoms. The second-order valence-electron chi connectivity index (χ2n) is 6.20. The van der Waals surface area contributed by atoms with Crippen LogP contribution in [0.5, 0.6) is 5.75 Å². The molecule has 1 aromatic heterocycles. The highest BCUT2D eigenvalue weighted by Crippen LogP contribution is 2.21. The average molecular weight is 393 g/mol. The number of nitrogens with zero attached hydrogens (tertiary/aromatic N) is 1. The summed E-state index contributed by atoms with van der Waals surface area (Å²) < 4.78 is 35.5. The molecule has 1 heterocycles. The normalized spacial score (nSPS) is 13.0. The van der Waals surface area contributed by atoms with Crippen LogP contribution in [0.2, 0.25) is 0 Å². The third kappa shape index (κ3) is 3.98. The third-order valence-electron chi connectivity index (χ3n) is 3.95. The van der Waals surface area contributed by atoms with Gasteiger partial charge in [0.15, 0.2) is 0 Å². The first kappa shape index (κ1) is 18.6. The number of aryl methyl sites for hydroxylation is 2. The van der Waals surface area contributed by atoms with Gasteiger partial charge in [-0.15, -0.1) is 0 Å². The van der Waals surface area contributed by atoms with Gasteiger partial charge in [0.25, 0.3) is 0 Å². The molecular formula is C18H20N2O4S2. The van der Waals surface area contributed by atoms with Crippen molar-refractivity contribution in [2.45, 2.75) is 24.8 Å². The Hall–Kier alpha value is -2.16. The Morgan fingerprint density at radius 2 is 1.88 bits per heavy atom. The van der Waals surface area contributed by atoms with Crippen LogP contribution in [0.25, 0.3) is 10.2 Å². The van der Waals surface area contributed by atoms with Gasteiger partial charge in [-0.1, -0.05) is 29.0 Å². The maximum atomic E-state index is 12.6. The second kappa shape index (κ2) is 7.22. The summed E-state index contributed by atoms with van der Waals surface area (Å²) in [5, 5.41) is 0. The smallest absolute Gasteiger partial charge is 0.307 e. The summed E-state index contributed by atoms with van der Waals surface area (Å²) in [5.41, 5.74) is 1.85. The molecule has 0 saturated heterocycles. The van der Waals surface area contributed by atoms with Crippen molar-refractivity contribution in [1.29, 1.82) is 0 Å². The first-order valence-corrected chi connectivity index (χ1v) is 10.4. The van der Waals surface area contributed by atoms with Crippen molar-refractivity contribution in [3.05, 3.63) is 57.7 Å². The Labute approximate surface area is 156 Å². The molecule has 0 fully saturated rings. The molecule has 1 unspecified atom stereocenters. The highest BCUT2D eigenvalue weighted by molar-refractivity contribution is 7.89. The van der Waals surface area contributed by atoms with Crippen molar-refractivity contribution < 1.29 is 13.2 Å². The predicted octanol–water partition coefficient (Wildman–Crippen LogP) is 2.65. The van der Waals surface area contributed by atoms with Crippen LogP contribution in [-0.4, -0.2) is 25.6 Å². The number of sulfonamides is 1. The van der Waals surface area contributed by atoms with Gasteiger partial charge in [0, 0.05) is 7.05 Å². The fourth-order valence-corrected chi connectivity index (χ4v) is 4.75. The van der Waals surface area contributed by atoms with Crippen LogP contribution in [-0.2, 0) is 17.1 Å². The molecule has 1 atom stereocenters. The summed E-state index contributed by atoms with van der Waals surface area (Å²) in [6.07, 6.45) is 0. The first-order valence-electron chi connectivity index (χ1n) is 8.07. The summed E-state index contributed by atoms with van der Waals surface area (Å²) in [5.74, 6) is 0.692. The Bertz CT molecular complexity index is 1080. The number of ether oxygens (including phenoxy) is 1. The van der Waals surface area contributed by atoms with Gasteiger partial charge in [-0.25, -0.2) is 13.1 Å². The molecular weight excluding hydrogens is 372 g/mol. The Kier molecular flexibility index (Phi) is 5.17. The predicted molar refractivity (Wildman–Crippen MR) is 104 cm³/mol. The maximum Gasteiger partial charge on any atom is 0.307 e. The Balaban J connectivity index is 1.71. The van der Waals surface area contributed by atoms with Gasteiger partial charge in [-0.3, -0.25) is 4.79 Å². The fourth-order valence-electron chi connectivity index (χ4n) is 2.50. The zero-order valence-electron chi connectivity index (χ0n) is 14.7. The lowest BCUT2D eigenvalue weighted by atomic mass is 10.2. The maximum absolute atomic E-state index is 12.6. The van der Waals surface area contributed by atoms with Gasteiger partial charge in [0.05, 0.1) is 21.2 Å². The number of aromatic nitrogens is 1. The van der Waals surface area contributed by atoms with Gasteiger partial charge in [0.2, 0.25) is 10.0 Å². The summed E-state index contributed by atoms with van der Waals surface area (Å²) in [6, 6.07) is 11.8. The number of hydrogen-bond donors (Lipinski definition) is 1. The molecule has 6 nitrogen and oxygen atoms in total. The molecule has 1 N–H and O–H groups in total. The second-order valence-corrected chi connectivity index (χ2v) is 8.91. The van der Waals surface area contributed by atoms with E-state index in [1.54, 1.807) is 20.0 Å². The van der Waals surface area contributed by atoms with Crippen molar-refractivity contribution in [2.75, 3.05) is 6.61 Å². The molecule has 2 aromatic carbocycles. The summed E-state index contributed by atoms with van der Waals surface area (Å²) in [4.78, 5) is 11.7. The molecule has 0 amide bonds. The molecule has 26 heavy (non-hydrogen) atoms. The fraction of sp³-hybridized carbons (Fsp3) is 0.278. The van der Waals surface area contributed by atoms with Gasteiger partial charge in [-0.2, -0.15) is 0 Å². The van der Waals surface area contributed by atoms with E-state index in [1.807, 2.05) is 31.2 Å². The number of thiazole rings is 1. The number of nitrogens with one attached hydrogen (secondary N) is 1. The quantitative estimate of drug-likeness (QED) is 0.700. The summed E-state index contributed by atoms with van der Waals surface area (Å²) >= 11 is 1.03. The average Bonchev–Trinajstić information content (AvgIpc) is 2.88. The van der Waals surface area contributed by atoms with Crippen LogP contribution in [0, 0.1) is 6.92 Å². The topological polar surface area (TPSA) is 77.4 Å². The van der Waals surface area contributed by atoms with E-state index >= 15 is 0 Å². The van der Waals surface area contributed by atoms with E-state index in [0.717, 1.165) is 22.4 Å². The first-order chi connectivity index (χ1) is 12.3. The third-order valence-corrected chi connectivity index (χ3v) is 6.53. The van der Waals surface area contributed by atoms with Crippen molar-refractivity contribution in [3.8, 4) is 5.75 Å². The van der Waals surface area contributed by atoms with E-state index in [4.69, 9.17) is 4.74 Å². The molecule has 138 valence electrons. The van der Waals surface area contributed by atoms with E-state index in [-0.39, 0.29) is 16.4 Å².